The van der Waals surface area contributed by atoms with E-state index in [0.717, 1.165) is 103 Å². The van der Waals surface area contributed by atoms with Crippen molar-refractivity contribution in [3.8, 4) is 0 Å². The van der Waals surface area contributed by atoms with Gasteiger partial charge in [-0.15, -0.1) is 0 Å². The highest BCUT2D eigenvalue weighted by atomic mass is 33.1. The maximum Gasteiger partial charge on any atom is 0.326 e. The van der Waals surface area contributed by atoms with Gasteiger partial charge in [-0.1, -0.05) is 85.8 Å². The molecular formula is C28H54N4O6S2. The molecule has 0 aromatic rings. The summed E-state index contributed by atoms with van der Waals surface area (Å²) in [4.78, 5) is 47.4. The molecule has 0 heterocycles. The third-order valence-corrected chi connectivity index (χ3v) is 9.02. The van der Waals surface area contributed by atoms with E-state index in [4.69, 9.17) is 11.5 Å². The molecule has 0 aromatic heterocycles. The summed E-state index contributed by atoms with van der Waals surface area (Å²) >= 11 is 0. The summed E-state index contributed by atoms with van der Waals surface area (Å²) < 4.78 is 0. The van der Waals surface area contributed by atoms with Crippen molar-refractivity contribution in [1.82, 2.24) is 10.6 Å². The molecule has 0 saturated carbocycles. The Kier molecular flexibility index (Phi) is 26.6. The summed E-state index contributed by atoms with van der Waals surface area (Å²) in [5, 5.41) is 24.1. The van der Waals surface area contributed by atoms with E-state index in [1.807, 2.05) is 0 Å². The summed E-state index contributed by atoms with van der Waals surface area (Å²) in [6.07, 6.45) is 15.7. The standard InChI is InChI=1S/C28H54N4O6S2/c29-19-13-9-5-1-3-7-11-15-25(33)31-23(27(35)36)17-21-39-40-22-18-24(28(37)38)32-26(34)16-12-8-4-2-6-10-14-20-30/h23-24H,1-22,29-30H2,(H,31,33)(H,32,34)(H,35,36)(H,37,38). The highest BCUT2D eigenvalue weighted by Gasteiger charge is 2.21. The average Bonchev–Trinajstić information content (AvgIpc) is 2.91. The van der Waals surface area contributed by atoms with Crippen molar-refractivity contribution in [2.24, 2.45) is 11.5 Å². The largest absolute Gasteiger partial charge is 0.480 e. The van der Waals surface area contributed by atoms with Crippen LogP contribution in [0.25, 0.3) is 0 Å². The molecule has 0 fully saturated rings. The molecule has 0 aromatic carbocycles. The molecule has 0 spiro atoms. The first-order valence-corrected chi connectivity index (χ1v) is 17.5. The topological polar surface area (TPSA) is 185 Å². The quantitative estimate of drug-likeness (QED) is 0.0525. The average molecular weight is 607 g/mol. The highest BCUT2D eigenvalue weighted by Crippen LogP contribution is 2.24. The minimum absolute atomic E-state index is 0.240. The van der Waals surface area contributed by atoms with Crippen LogP contribution in [0.2, 0.25) is 0 Å². The number of carboxylic acid groups (broad SMARTS) is 2. The summed E-state index contributed by atoms with van der Waals surface area (Å²) in [5.41, 5.74) is 11.0. The second kappa shape index (κ2) is 27.7. The Labute approximate surface area is 248 Å². The number of rotatable bonds is 29. The lowest BCUT2D eigenvalue weighted by Crippen LogP contribution is -2.41. The molecule has 0 aliphatic carbocycles. The van der Waals surface area contributed by atoms with Crippen molar-refractivity contribution in [1.29, 1.82) is 0 Å². The van der Waals surface area contributed by atoms with E-state index in [-0.39, 0.29) is 24.7 Å². The van der Waals surface area contributed by atoms with Gasteiger partial charge in [-0.05, 0) is 51.6 Å². The Morgan fingerprint density at radius 1 is 0.525 bits per heavy atom. The molecule has 0 aliphatic heterocycles. The van der Waals surface area contributed by atoms with Crippen LogP contribution < -0.4 is 22.1 Å². The molecule has 2 atom stereocenters. The molecule has 234 valence electrons. The van der Waals surface area contributed by atoms with Gasteiger partial charge in [0.1, 0.15) is 12.1 Å². The van der Waals surface area contributed by atoms with Crippen molar-refractivity contribution in [2.75, 3.05) is 24.6 Å². The number of hydrogen-bond donors (Lipinski definition) is 6. The number of hydrogen-bond acceptors (Lipinski definition) is 8. The van der Waals surface area contributed by atoms with E-state index in [1.54, 1.807) is 0 Å². The zero-order chi connectivity index (χ0) is 29.8. The van der Waals surface area contributed by atoms with Gasteiger partial charge >= 0.3 is 11.9 Å². The fourth-order valence-electron chi connectivity index (χ4n) is 4.13. The Morgan fingerprint density at radius 3 is 1.12 bits per heavy atom. The Bertz CT molecular complexity index is 631. The van der Waals surface area contributed by atoms with E-state index < -0.39 is 24.0 Å². The summed E-state index contributed by atoms with van der Waals surface area (Å²) in [7, 11) is 2.88. The zero-order valence-corrected chi connectivity index (χ0v) is 25.8. The predicted octanol–water partition coefficient (Wildman–Crippen LogP) is 4.45. The minimum atomic E-state index is -1.06. The fraction of sp³-hybridized carbons (Fsp3) is 0.857. The van der Waals surface area contributed by atoms with Gasteiger partial charge < -0.3 is 32.3 Å². The molecule has 8 N–H and O–H groups in total. The van der Waals surface area contributed by atoms with Crippen LogP contribution in [0, 0.1) is 0 Å². The van der Waals surface area contributed by atoms with Crippen molar-refractivity contribution < 1.29 is 29.4 Å². The first-order chi connectivity index (χ1) is 19.3. The molecule has 12 heteroatoms. The molecule has 40 heavy (non-hydrogen) atoms. The van der Waals surface area contributed by atoms with Crippen molar-refractivity contribution in [3.05, 3.63) is 0 Å². The number of aliphatic carboxylic acids is 2. The first kappa shape index (κ1) is 38.5. The van der Waals surface area contributed by atoms with E-state index in [0.29, 0.717) is 24.3 Å². The predicted molar refractivity (Wildman–Crippen MR) is 165 cm³/mol. The van der Waals surface area contributed by atoms with Crippen LogP contribution in [0.5, 0.6) is 0 Å². The van der Waals surface area contributed by atoms with Gasteiger partial charge in [0.2, 0.25) is 11.8 Å². The van der Waals surface area contributed by atoms with Crippen LogP contribution in [0.4, 0.5) is 0 Å². The van der Waals surface area contributed by atoms with Gasteiger partial charge in [0.15, 0.2) is 0 Å². The third-order valence-electron chi connectivity index (χ3n) is 6.55. The lowest BCUT2D eigenvalue weighted by molar-refractivity contribution is -0.142. The highest BCUT2D eigenvalue weighted by molar-refractivity contribution is 8.76. The van der Waals surface area contributed by atoms with Crippen LogP contribution in [0.1, 0.15) is 116 Å². The lowest BCUT2D eigenvalue weighted by Gasteiger charge is -2.15. The Hall–Kier alpha value is -1.50. The fourth-order valence-corrected chi connectivity index (χ4v) is 6.31. The van der Waals surface area contributed by atoms with E-state index in [1.165, 1.54) is 21.6 Å². The van der Waals surface area contributed by atoms with Crippen LogP contribution in [0.3, 0.4) is 0 Å². The number of nitrogens with two attached hydrogens (primary N) is 2. The van der Waals surface area contributed by atoms with Crippen LogP contribution >= 0.6 is 21.6 Å². The number of carbonyl (C=O) groups excluding carboxylic acids is 2. The van der Waals surface area contributed by atoms with Gasteiger partial charge in [-0.25, -0.2) is 9.59 Å². The van der Waals surface area contributed by atoms with Gasteiger partial charge in [0.25, 0.3) is 0 Å². The molecule has 0 saturated heterocycles. The van der Waals surface area contributed by atoms with E-state index in [2.05, 4.69) is 10.6 Å². The zero-order valence-electron chi connectivity index (χ0n) is 24.2. The molecule has 0 aliphatic rings. The summed E-state index contributed by atoms with van der Waals surface area (Å²) in [6.45, 7) is 1.45. The molecule has 0 rings (SSSR count). The van der Waals surface area contributed by atoms with Crippen molar-refractivity contribution >= 4 is 45.3 Å². The minimum Gasteiger partial charge on any atom is -0.480 e. The lowest BCUT2D eigenvalue weighted by atomic mass is 10.1. The van der Waals surface area contributed by atoms with Crippen molar-refractivity contribution in [2.45, 2.75) is 128 Å². The number of amides is 2. The molecule has 10 nitrogen and oxygen atoms in total. The Balaban J connectivity index is 4.00. The normalized spacial score (nSPS) is 12.6. The van der Waals surface area contributed by atoms with Crippen molar-refractivity contribution in [3.63, 3.8) is 0 Å². The second-order valence-corrected chi connectivity index (χ2v) is 12.9. The number of carboxylic acids is 2. The van der Waals surface area contributed by atoms with Crippen LogP contribution in [-0.2, 0) is 19.2 Å². The van der Waals surface area contributed by atoms with Crippen LogP contribution in [-0.4, -0.2) is 70.6 Å². The van der Waals surface area contributed by atoms with Gasteiger partial charge in [0.05, 0.1) is 0 Å². The first-order valence-electron chi connectivity index (χ1n) is 15.0. The SMILES string of the molecule is NCCCCCCCCCC(=O)NC(CCSSCCC(NC(=O)CCCCCCCCCN)C(=O)O)C(=O)O. The summed E-state index contributed by atoms with van der Waals surface area (Å²) in [6, 6.07) is -1.87. The summed E-state index contributed by atoms with van der Waals surface area (Å²) in [5.74, 6) is -1.59. The van der Waals surface area contributed by atoms with Gasteiger partial charge in [0, 0.05) is 24.3 Å². The molecule has 0 radical (unpaired) electrons. The van der Waals surface area contributed by atoms with E-state index >= 15 is 0 Å². The molecule has 2 unspecified atom stereocenters. The van der Waals surface area contributed by atoms with E-state index in [9.17, 15) is 29.4 Å². The number of unbranched alkanes of at least 4 members (excludes halogenated alkanes) is 12. The maximum absolute atomic E-state index is 12.1. The number of carbonyl (C=O) groups is 4. The Morgan fingerprint density at radius 2 is 0.825 bits per heavy atom. The number of nitrogens with one attached hydrogen (secondary N) is 2. The van der Waals surface area contributed by atoms with Gasteiger partial charge in [-0.3, -0.25) is 9.59 Å². The van der Waals surface area contributed by atoms with Crippen LogP contribution in [0.15, 0.2) is 0 Å². The van der Waals surface area contributed by atoms with Gasteiger partial charge in [-0.2, -0.15) is 0 Å². The second-order valence-electron chi connectivity index (χ2n) is 10.2. The molecular weight excluding hydrogens is 552 g/mol. The molecule has 0 bridgehead atoms. The molecule has 2 amide bonds. The maximum atomic E-state index is 12.1. The monoisotopic (exact) mass is 606 g/mol. The smallest absolute Gasteiger partial charge is 0.326 e. The third kappa shape index (κ3) is 24.3.